The van der Waals surface area contributed by atoms with E-state index in [2.05, 4.69) is 51.8 Å². The van der Waals surface area contributed by atoms with Gasteiger partial charge in [0.25, 0.3) is 11.7 Å². The molecule has 2 aromatic rings. The summed E-state index contributed by atoms with van der Waals surface area (Å²) in [6.45, 7) is 5.49. The average Bonchev–Trinajstić information content (AvgIpc) is 3.49. The van der Waals surface area contributed by atoms with Crippen LogP contribution in [0.4, 0.5) is 0 Å². The Morgan fingerprint density at radius 3 is 2.71 bits per heavy atom. The third kappa shape index (κ3) is 4.78. The van der Waals surface area contributed by atoms with Crippen LogP contribution in [0.15, 0.2) is 41.1 Å². The zero-order chi connectivity index (χ0) is 22.9. The molecule has 182 valence electrons. The number of nitrogens with zero attached hydrogens (tertiary/aromatic N) is 2. The first kappa shape index (κ1) is 24.9. The predicted octanol–water partition coefficient (Wildman–Crippen LogP) is 0.898. The minimum Gasteiger partial charge on any atom is -1.00 e. The van der Waals surface area contributed by atoms with E-state index in [1.165, 1.54) is 23.4 Å². The molecule has 0 radical (unpaired) electrons. The summed E-state index contributed by atoms with van der Waals surface area (Å²) in [6, 6.07) is 8.55. The van der Waals surface area contributed by atoms with Gasteiger partial charge in [-0.1, -0.05) is 42.7 Å². The molecule has 1 amide bonds. The molecular weight excluding hydrogens is 470 g/mol. The van der Waals surface area contributed by atoms with Crippen molar-refractivity contribution < 1.29 is 31.3 Å². The Balaban J connectivity index is 0.00000274. The second-order valence-corrected chi connectivity index (χ2v) is 10.5. The summed E-state index contributed by atoms with van der Waals surface area (Å²) < 4.78 is 9.77. The van der Waals surface area contributed by atoms with Crippen molar-refractivity contribution in [2.24, 2.45) is 5.92 Å². The minimum absolute atomic E-state index is 0. The fourth-order valence-corrected chi connectivity index (χ4v) is 6.98. The number of benzene rings is 1. The molecule has 1 aromatic carbocycles. The molecule has 6 nitrogen and oxygen atoms in total. The smallest absolute Gasteiger partial charge is 0.336 e. The zero-order valence-electron chi connectivity index (χ0n) is 19.8. The maximum absolute atomic E-state index is 13.1. The van der Waals surface area contributed by atoms with Crippen molar-refractivity contribution in [1.29, 1.82) is 0 Å². The molecule has 0 spiro atoms. The first-order valence-corrected chi connectivity index (χ1v) is 13.0. The highest BCUT2D eigenvalue weighted by atomic mass is 35.5. The van der Waals surface area contributed by atoms with E-state index in [-0.39, 0.29) is 36.7 Å². The van der Waals surface area contributed by atoms with Crippen molar-refractivity contribution in [2.75, 3.05) is 6.61 Å². The number of ether oxygens (including phenoxy) is 1. The summed E-state index contributed by atoms with van der Waals surface area (Å²) in [4.78, 5) is 25.9. The quantitative estimate of drug-likeness (QED) is 0.472. The van der Waals surface area contributed by atoms with Gasteiger partial charge in [-0.2, -0.15) is 0 Å². The highest BCUT2D eigenvalue weighted by Crippen LogP contribution is 2.48. The minimum atomic E-state index is -0.270. The lowest BCUT2D eigenvalue weighted by atomic mass is 9.84. The molecule has 2 unspecified atom stereocenters. The van der Waals surface area contributed by atoms with E-state index in [0.717, 1.165) is 44.3 Å². The number of nitrogens with one attached hydrogen (secondary N) is 1. The number of carbonyl (C=O) groups is 2. The van der Waals surface area contributed by atoms with E-state index in [0.29, 0.717) is 22.5 Å². The van der Waals surface area contributed by atoms with Crippen molar-refractivity contribution in [3.63, 3.8) is 0 Å². The first-order chi connectivity index (χ1) is 16.0. The highest BCUT2D eigenvalue weighted by molar-refractivity contribution is 8.04. The standard InChI is InChI=1S/C26H31N3O3S.ClH/c1-3-32-26(31)24-19-7-4-5-8-21(19)33-25(24)27-22(30)16-28-15-20(29-14-6-9-23(28)29)18-12-10-17(2)11-13-18;/h10-13,15,19,21H,3-9,14,16H2,1-2H3;1H. The molecule has 5 rings (SSSR count). The number of carbonyl (C=O) groups excluding carboxylic acids is 2. The Morgan fingerprint density at radius 1 is 1.18 bits per heavy atom. The third-order valence-corrected chi connectivity index (χ3v) is 8.42. The van der Waals surface area contributed by atoms with Gasteiger partial charge in [-0.05, 0) is 33.1 Å². The van der Waals surface area contributed by atoms with Crippen molar-refractivity contribution in [1.82, 2.24) is 9.88 Å². The van der Waals surface area contributed by atoms with E-state index in [1.807, 2.05) is 6.92 Å². The second-order valence-electron chi connectivity index (χ2n) is 9.24. The van der Waals surface area contributed by atoms with Crippen LogP contribution in [0.25, 0.3) is 11.3 Å². The number of fused-ring (bicyclic) bond motifs is 2. The number of halogens is 1. The number of amides is 1. The van der Waals surface area contributed by atoms with Crippen LogP contribution in [0.2, 0.25) is 0 Å². The Labute approximate surface area is 211 Å². The van der Waals surface area contributed by atoms with E-state index < -0.39 is 0 Å². The lowest BCUT2D eigenvalue weighted by Gasteiger charge is -2.25. The maximum Gasteiger partial charge on any atom is 0.336 e. The van der Waals surface area contributed by atoms with Crippen LogP contribution in [0.3, 0.4) is 0 Å². The van der Waals surface area contributed by atoms with Crippen LogP contribution in [0.5, 0.6) is 0 Å². The van der Waals surface area contributed by atoms with Gasteiger partial charge < -0.3 is 22.5 Å². The van der Waals surface area contributed by atoms with E-state index >= 15 is 0 Å². The van der Waals surface area contributed by atoms with Gasteiger partial charge in [-0.15, -0.1) is 11.8 Å². The lowest BCUT2D eigenvalue weighted by Crippen LogP contribution is -3.00. The number of aryl methyl sites for hydroxylation is 1. The van der Waals surface area contributed by atoms with Crippen molar-refractivity contribution in [3.8, 4) is 11.3 Å². The molecule has 1 saturated carbocycles. The van der Waals surface area contributed by atoms with Gasteiger partial charge in [-0.3, -0.25) is 4.79 Å². The Bertz CT molecular complexity index is 1110. The summed E-state index contributed by atoms with van der Waals surface area (Å²) in [5.41, 5.74) is 4.25. The van der Waals surface area contributed by atoms with Crippen LogP contribution in [-0.2, 0) is 33.8 Å². The summed E-state index contributed by atoms with van der Waals surface area (Å²) in [5, 5.41) is 4.18. The zero-order valence-corrected chi connectivity index (χ0v) is 21.4. The maximum atomic E-state index is 13.1. The molecule has 2 atom stereocenters. The molecule has 8 heteroatoms. The third-order valence-electron chi connectivity index (χ3n) is 6.99. The number of hydrogen-bond donors (Lipinski definition) is 1. The van der Waals surface area contributed by atoms with Crippen molar-refractivity contribution >= 4 is 23.6 Å². The molecule has 3 heterocycles. The highest BCUT2D eigenvalue weighted by Gasteiger charge is 2.42. The number of esters is 1. The van der Waals surface area contributed by atoms with Crippen LogP contribution in [-0.4, -0.2) is 28.3 Å². The van der Waals surface area contributed by atoms with Gasteiger partial charge >= 0.3 is 5.97 Å². The van der Waals surface area contributed by atoms with Crippen molar-refractivity contribution in [2.45, 2.75) is 70.7 Å². The number of thioether (sulfide) groups is 1. The van der Waals surface area contributed by atoms with Crippen molar-refractivity contribution in [3.05, 3.63) is 52.5 Å². The molecule has 1 fully saturated rings. The fourth-order valence-electron chi connectivity index (χ4n) is 5.42. The van der Waals surface area contributed by atoms with Gasteiger partial charge in [0.05, 0.1) is 30.2 Å². The number of hydrogen-bond acceptors (Lipinski definition) is 4. The normalized spacial score (nSPS) is 21.0. The van der Waals surface area contributed by atoms with Gasteiger partial charge in [0, 0.05) is 16.7 Å². The van der Waals surface area contributed by atoms with Gasteiger partial charge in [0.2, 0.25) is 0 Å². The summed E-state index contributed by atoms with van der Waals surface area (Å²) in [5.74, 6) is 1.03. The van der Waals surface area contributed by atoms with Gasteiger partial charge in [0.15, 0.2) is 12.2 Å². The topological polar surface area (TPSA) is 64.2 Å². The average molecular weight is 502 g/mol. The Morgan fingerprint density at radius 2 is 1.94 bits per heavy atom. The Kier molecular flexibility index (Phi) is 7.73. The second kappa shape index (κ2) is 10.6. The van der Waals surface area contributed by atoms with E-state index in [9.17, 15) is 9.59 Å². The molecule has 34 heavy (non-hydrogen) atoms. The fraction of sp³-hybridized carbons (Fsp3) is 0.500. The molecule has 1 aliphatic carbocycles. The van der Waals surface area contributed by atoms with Crippen LogP contribution in [0.1, 0.15) is 50.4 Å². The lowest BCUT2D eigenvalue weighted by molar-refractivity contribution is -0.690. The van der Waals surface area contributed by atoms with Gasteiger partial charge in [-0.25, -0.2) is 13.9 Å². The summed E-state index contributed by atoms with van der Waals surface area (Å²) in [7, 11) is 0. The van der Waals surface area contributed by atoms with E-state index in [1.54, 1.807) is 11.8 Å². The molecular formula is C26H32ClN3O3S. The summed E-state index contributed by atoms with van der Waals surface area (Å²) in [6.07, 6.45) is 8.54. The molecule has 0 bridgehead atoms. The Hall–Kier alpha value is -2.25. The van der Waals surface area contributed by atoms with Crippen LogP contribution in [0, 0.1) is 12.8 Å². The first-order valence-electron chi connectivity index (χ1n) is 12.1. The van der Waals surface area contributed by atoms with Gasteiger partial charge in [0.1, 0.15) is 6.20 Å². The monoisotopic (exact) mass is 501 g/mol. The predicted molar refractivity (Wildman–Crippen MR) is 128 cm³/mol. The SMILES string of the molecule is CCOC(=O)C1=C(NC(=O)C[n+]2cc(-c3ccc(C)cc3)n3c2CCC3)SC2CCCCC12.[Cl-]. The number of aromatic nitrogens is 2. The number of rotatable bonds is 6. The number of imidazole rings is 1. The van der Waals surface area contributed by atoms with Crippen LogP contribution < -0.4 is 22.3 Å². The molecule has 1 aromatic heterocycles. The molecule has 2 aliphatic heterocycles. The van der Waals surface area contributed by atoms with E-state index in [4.69, 9.17) is 4.74 Å². The molecule has 3 aliphatic rings. The summed E-state index contributed by atoms with van der Waals surface area (Å²) >= 11 is 1.66. The van der Waals surface area contributed by atoms with Crippen LogP contribution >= 0.6 is 11.8 Å². The largest absolute Gasteiger partial charge is 1.00 e. The molecule has 1 N–H and O–H groups in total. The molecule has 0 saturated heterocycles.